The molecule has 1 unspecified atom stereocenters. The number of carbonyl (C=O) groups is 1. The summed E-state index contributed by atoms with van der Waals surface area (Å²) in [5.41, 5.74) is 4.30. The first kappa shape index (κ1) is 26.6. The molecule has 1 aliphatic rings. The van der Waals surface area contributed by atoms with Crippen molar-refractivity contribution in [2.75, 3.05) is 18.5 Å². The molecule has 1 aliphatic heterocycles. The topological polar surface area (TPSA) is 41.6 Å². The average Bonchev–Trinajstić information content (AvgIpc) is 3.10. The van der Waals surface area contributed by atoms with Gasteiger partial charge in [-0.1, -0.05) is 74.6 Å². The quantitative estimate of drug-likeness (QED) is 0.295. The Hall–Kier alpha value is -3.41. The lowest BCUT2D eigenvalue weighted by Crippen LogP contribution is -2.39. The number of anilines is 1. The van der Waals surface area contributed by atoms with Crippen LogP contribution in [0.3, 0.4) is 0 Å². The van der Waals surface area contributed by atoms with E-state index in [1.807, 2.05) is 0 Å². The van der Waals surface area contributed by atoms with Crippen molar-refractivity contribution in [2.45, 2.75) is 64.8 Å². The van der Waals surface area contributed by atoms with Crippen molar-refractivity contribution in [1.82, 2.24) is 4.90 Å². The molecule has 0 saturated heterocycles. The number of aryl methyl sites for hydroxylation is 1. The van der Waals surface area contributed by atoms with Crippen LogP contribution in [-0.4, -0.2) is 24.1 Å². The number of halogens is 2. The van der Waals surface area contributed by atoms with Crippen molar-refractivity contribution in [3.05, 3.63) is 83.4 Å². The van der Waals surface area contributed by atoms with Gasteiger partial charge in [0.15, 0.2) is 0 Å². The van der Waals surface area contributed by atoms with Crippen molar-refractivity contribution in [3.63, 3.8) is 0 Å². The number of hydrogen-bond donors (Lipinski definition) is 1. The number of unbranched alkanes of at least 4 members (excludes halogenated alkanes) is 4. The Bertz CT molecular complexity index is 1200. The molecule has 0 bridgehead atoms. The maximum absolute atomic E-state index is 14.3. The molecule has 4 rings (SSSR count). The molecule has 0 aromatic heterocycles. The summed E-state index contributed by atoms with van der Waals surface area (Å²) in [7, 11) is 0. The fraction of sp³-hybridized carbons (Fsp3) is 0.387. The van der Waals surface area contributed by atoms with E-state index in [1.165, 1.54) is 11.6 Å². The van der Waals surface area contributed by atoms with Crippen molar-refractivity contribution in [2.24, 2.45) is 0 Å². The third-order valence-electron chi connectivity index (χ3n) is 6.95. The first-order valence-electron chi connectivity index (χ1n) is 13.3. The number of carbonyl (C=O) groups excluding carboxylic acids is 1. The highest BCUT2D eigenvalue weighted by atomic mass is 19.1. The molecule has 0 fully saturated rings. The van der Waals surface area contributed by atoms with Crippen LogP contribution in [0.4, 0.5) is 19.3 Å². The summed E-state index contributed by atoms with van der Waals surface area (Å²) in [6.07, 6.45) is 6.83. The summed E-state index contributed by atoms with van der Waals surface area (Å²) in [5.74, 6) is -0.691. The Morgan fingerprint density at radius 1 is 0.973 bits per heavy atom. The number of urea groups is 1. The average molecular weight is 507 g/mol. The molecule has 4 nitrogen and oxygen atoms in total. The highest BCUT2D eigenvalue weighted by Gasteiger charge is 2.29. The summed E-state index contributed by atoms with van der Waals surface area (Å²) in [4.78, 5) is 15.3. The second-order valence-electron chi connectivity index (χ2n) is 9.79. The SMILES string of the molecule is CCCCCCCN(C(=O)Nc1ccc(F)cc1F)C1CCCOc2cc(-c3ccc(C)cc3)ccc21. The number of fused-ring (bicyclic) bond motifs is 1. The minimum Gasteiger partial charge on any atom is -0.493 e. The molecule has 0 aliphatic carbocycles. The lowest BCUT2D eigenvalue weighted by Gasteiger charge is -2.32. The molecule has 2 amide bonds. The highest BCUT2D eigenvalue weighted by Crippen LogP contribution is 2.39. The van der Waals surface area contributed by atoms with E-state index >= 15 is 0 Å². The molecule has 0 spiro atoms. The van der Waals surface area contributed by atoms with Gasteiger partial charge in [-0.3, -0.25) is 0 Å². The van der Waals surface area contributed by atoms with Crippen LogP contribution < -0.4 is 10.1 Å². The molecule has 1 N–H and O–H groups in total. The van der Waals surface area contributed by atoms with Gasteiger partial charge in [-0.15, -0.1) is 0 Å². The molecular weight excluding hydrogens is 470 g/mol. The standard InChI is InChI=1S/C31H36F2N2O2/c1-3-4-5-6-7-18-35(31(36)34-28-17-15-25(32)21-27(28)33)29-9-8-19-37-30-20-24(14-16-26(29)30)23-12-10-22(2)11-13-23/h10-17,20-21,29H,3-9,18-19H2,1-2H3,(H,34,36). The van der Waals surface area contributed by atoms with E-state index in [2.05, 4.69) is 61.6 Å². The number of nitrogens with one attached hydrogen (secondary N) is 1. The minimum atomic E-state index is -0.788. The summed E-state index contributed by atoms with van der Waals surface area (Å²) >= 11 is 0. The van der Waals surface area contributed by atoms with Crippen LogP contribution in [0, 0.1) is 18.6 Å². The van der Waals surface area contributed by atoms with Gasteiger partial charge in [0.1, 0.15) is 17.4 Å². The Labute approximate surface area is 218 Å². The number of amides is 2. The van der Waals surface area contributed by atoms with Gasteiger partial charge in [0, 0.05) is 18.2 Å². The van der Waals surface area contributed by atoms with E-state index in [0.29, 0.717) is 13.2 Å². The van der Waals surface area contributed by atoms with Crippen LogP contribution in [0.25, 0.3) is 11.1 Å². The smallest absolute Gasteiger partial charge is 0.322 e. The van der Waals surface area contributed by atoms with Crippen LogP contribution in [0.5, 0.6) is 5.75 Å². The van der Waals surface area contributed by atoms with Gasteiger partial charge < -0.3 is 15.0 Å². The number of hydrogen-bond acceptors (Lipinski definition) is 2. The van der Waals surface area contributed by atoms with Gasteiger partial charge >= 0.3 is 6.03 Å². The van der Waals surface area contributed by atoms with E-state index in [-0.39, 0.29) is 17.8 Å². The van der Waals surface area contributed by atoms with E-state index < -0.39 is 11.6 Å². The van der Waals surface area contributed by atoms with Crippen LogP contribution >= 0.6 is 0 Å². The van der Waals surface area contributed by atoms with Crippen molar-refractivity contribution < 1.29 is 18.3 Å². The fourth-order valence-electron chi connectivity index (χ4n) is 4.86. The number of benzene rings is 3. The van der Waals surface area contributed by atoms with Crippen LogP contribution in [0.1, 0.15) is 69.0 Å². The van der Waals surface area contributed by atoms with E-state index in [1.54, 1.807) is 4.90 Å². The summed E-state index contributed by atoms with van der Waals surface area (Å²) in [6.45, 7) is 5.35. The van der Waals surface area contributed by atoms with E-state index in [9.17, 15) is 13.6 Å². The normalized spacial score (nSPS) is 14.9. The molecule has 6 heteroatoms. The van der Waals surface area contributed by atoms with Crippen LogP contribution in [0.15, 0.2) is 60.7 Å². The summed E-state index contributed by atoms with van der Waals surface area (Å²) in [6, 6.07) is 17.1. The third kappa shape index (κ3) is 6.88. The zero-order valence-corrected chi connectivity index (χ0v) is 21.7. The molecule has 3 aromatic carbocycles. The van der Waals surface area contributed by atoms with E-state index in [4.69, 9.17) is 4.74 Å². The number of nitrogens with zero attached hydrogens (tertiary/aromatic N) is 1. The largest absolute Gasteiger partial charge is 0.493 e. The maximum atomic E-state index is 14.3. The fourth-order valence-corrected chi connectivity index (χ4v) is 4.86. The summed E-state index contributed by atoms with van der Waals surface area (Å²) < 4.78 is 33.9. The van der Waals surface area contributed by atoms with Crippen LogP contribution in [0.2, 0.25) is 0 Å². The highest BCUT2D eigenvalue weighted by molar-refractivity contribution is 5.90. The second-order valence-corrected chi connectivity index (χ2v) is 9.79. The monoisotopic (exact) mass is 506 g/mol. The molecular formula is C31H36F2N2O2. The zero-order chi connectivity index (χ0) is 26.2. The molecule has 37 heavy (non-hydrogen) atoms. The minimum absolute atomic E-state index is 0.0257. The Morgan fingerprint density at radius 2 is 1.73 bits per heavy atom. The van der Waals surface area contributed by atoms with Gasteiger partial charge in [-0.25, -0.2) is 13.6 Å². The maximum Gasteiger partial charge on any atom is 0.322 e. The molecule has 1 heterocycles. The van der Waals surface area contributed by atoms with E-state index in [0.717, 1.165) is 79.5 Å². The Morgan fingerprint density at radius 3 is 2.49 bits per heavy atom. The number of ether oxygens (including phenoxy) is 1. The second kappa shape index (κ2) is 12.7. The Balaban J connectivity index is 1.62. The lowest BCUT2D eigenvalue weighted by molar-refractivity contribution is 0.181. The van der Waals surface area contributed by atoms with Crippen LogP contribution in [-0.2, 0) is 0 Å². The van der Waals surface area contributed by atoms with Crippen molar-refractivity contribution >= 4 is 11.7 Å². The van der Waals surface area contributed by atoms with Crippen molar-refractivity contribution in [1.29, 1.82) is 0 Å². The third-order valence-corrected chi connectivity index (χ3v) is 6.95. The van der Waals surface area contributed by atoms with Gasteiger partial charge in [0.05, 0.1) is 18.3 Å². The van der Waals surface area contributed by atoms with Gasteiger partial charge in [0.25, 0.3) is 0 Å². The number of rotatable bonds is 9. The zero-order valence-electron chi connectivity index (χ0n) is 21.7. The van der Waals surface area contributed by atoms with Gasteiger partial charge in [-0.05, 0) is 55.5 Å². The Kier molecular flexibility index (Phi) is 9.15. The van der Waals surface area contributed by atoms with Gasteiger partial charge in [-0.2, -0.15) is 0 Å². The molecule has 196 valence electrons. The predicted molar refractivity (Wildman–Crippen MR) is 145 cm³/mol. The molecule has 3 aromatic rings. The first-order chi connectivity index (χ1) is 18.0. The lowest BCUT2D eigenvalue weighted by atomic mass is 9.96. The van der Waals surface area contributed by atoms with Gasteiger partial charge in [0.2, 0.25) is 0 Å². The molecule has 0 saturated carbocycles. The summed E-state index contributed by atoms with van der Waals surface area (Å²) in [5, 5.41) is 2.69. The van der Waals surface area contributed by atoms with Crippen molar-refractivity contribution in [3.8, 4) is 16.9 Å². The molecule has 0 radical (unpaired) electrons. The first-order valence-corrected chi connectivity index (χ1v) is 13.3. The predicted octanol–water partition coefficient (Wildman–Crippen LogP) is 8.66. The molecule has 1 atom stereocenters.